The highest BCUT2D eigenvalue weighted by Gasteiger charge is 2.05. The minimum atomic E-state index is -0.979. The molecule has 4 aromatic rings. The average molecular weight is 385 g/mol. The van der Waals surface area contributed by atoms with E-state index in [1.54, 1.807) is 12.1 Å². The number of carbonyl (C=O) groups is 1. The van der Waals surface area contributed by atoms with Crippen LogP contribution in [-0.2, 0) is 13.2 Å². The van der Waals surface area contributed by atoms with Gasteiger partial charge in [-0.05, 0) is 48.0 Å². The van der Waals surface area contributed by atoms with Crippen LogP contribution in [0.3, 0.4) is 0 Å². The lowest BCUT2D eigenvalue weighted by Gasteiger charge is -2.10. The highest BCUT2D eigenvalue weighted by atomic mass is 16.5. The maximum Gasteiger partial charge on any atom is 0.335 e. The van der Waals surface area contributed by atoms with Crippen LogP contribution in [-0.4, -0.2) is 16.1 Å². The van der Waals surface area contributed by atoms with E-state index in [4.69, 9.17) is 14.6 Å². The quantitative estimate of drug-likeness (QED) is 0.480. The summed E-state index contributed by atoms with van der Waals surface area (Å²) in [6.45, 7) is 0.685. The van der Waals surface area contributed by atoms with E-state index in [1.165, 1.54) is 12.1 Å². The normalized spacial score (nSPS) is 10.6. The third kappa shape index (κ3) is 4.71. The second-order valence-electron chi connectivity index (χ2n) is 6.55. The van der Waals surface area contributed by atoms with Crippen LogP contribution in [0, 0.1) is 0 Å². The number of fused-ring (bicyclic) bond motifs is 1. The zero-order chi connectivity index (χ0) is 20.1. The lowest BCUT2D eigenvalue weighted by molar-refractivity contribution is 0.0696. The molecule has 0 bridgehead atoms. The summed E-state index contributed by atoms with van der Waals surface area (Å²) < 4.78 is 11.6. The summed E-state index contributed by atoms with van der Waals surface area (Å²) in [5, 5.41) is 10.2. The molecule has 0 fully saturated rings. The molecule has 5 heteroatoms. The van der Waals surface area contributed by atoms with Crippen molar-refractivity contribution in [2.75, 3.05) is 0 Å². The molecule has 0 radical (unpaired) electrons. The predicted octanol–water partition coefficient (Wildman–Crippen LogP) is 5.09. The lowest BCUT2D eigenvalue weighted by atomic mass is 10.2. The molecule has 144 valence electrons. The van der Waals surface area contributed by atoms with Gasteiger partial charge >= 0.3 is 5.97 Å². The van der Waals surface area contributed by atoms with Gasteiger partial charge in [0.05, 0.1) is 16.8 Å². The molecule has 4 rings (SSSR count). The summed E-state index contributed by atoms with van der Waals surface area (Å²) in [5.74, 6) is 0.255. The summed E-state index contributed by atoms with van der Waals surface area (Å²) in [7, 11) is 0. The Morgan fingerprint density at radius 3 is 2.41 bits per heavy atom. The van der Waals surface area contributed by atoms with E-state index >= 15 is 0 Å². The molecule has 0 saturated heterocycles. The van der Waals surface area contributed by atoms with Crippen molar-refractivity contribution in [3.63, 3.8) is 0 Å². The van der Waals surface area contributed by atoms with E-state index in [0.29, 0.717) is 19.0 Å². The van der Waals surface area contributed by atoms with Gasteiger partial charge in [-0.3, -0.25) is 0 Å². The predicted molar refractivity (Wildman–Crippen MR) is 110 cm³/mol. The lowest BCUT2D eigenvalue weighted by Crippen LogP contribution is -2.01. The third-order valence-corrected chi connectivity index (χ3v) is 4.43. The van der Waals surface area contributed by atoms with Gasteiger partial charge in [0.15, 0.2) is 0 Å². The number of pyridine rings is 1. The van der Waals surface area contributed by atoms with Crippen molar-refractivity contribution in [3.05, 3.63) is 102 Å². The fourth-order valence-corrected chi connectivity index (χ4v) is 2.96. The number of hydrogen-bond acceptors (Lipinski definition) is 4. The van der Waals surface area contributed by atoms with E-state index in [-0.39, 0.29) is 5.56 Å². The van der Waals surface area contributed by atoms with Crippen LogP contribution in [0.1, 0.15) is 21.6 Å². The van der Waals surface area contributed by atoms with Crippen molar-refractivity contribution >= 4 is 16.9 Å². The van der Waals surface area contributed by atoms with Crippen molar-refractivity contribution in [2.45, 2.75) is 13.2 Å². The molecule has 0 saturated carbocycles. The van der Waals surface area contributed by atoms with Gasteiger partial charge in [0, 0.05) is 5.39 Å². The first-order valence-corrected chi connectivity index (χ1v) is 9.20. The maximum atomic E-state index is 11.1. The molecule has 5 nitrogen and oxygen atoms in total. The zero-order valence-corrected chi connectivity index (χ0v) is 15.6. The van der Waals surface area contributed by atoms with E-state index in [1.807, 2.05) is 60.7 Å². The van der Waals surface area contributed by atoms with E-state index in [2.05, 4.69) is 4.98 Å². The number of aromatic carboxylic acids is 1. The Balaban J connectivity index is 1.39. The Labute approximate surface area is 168 Å². The van der Waals surface area contributed by atoms with E-state index in [9.17, 15) is 4.79 Å². The summed E-state index contributed by atoms with van der Waals surface area (Å²) in [5.41, 5.74) is 2.92. The van der Waals surface area contributed by atoms with Gasteiger partial charge in [-0.25, -0.2) is 9.78 Å². The SMILES string of the molecule is O=C(O)c1cccc(OCc2cccc(OCc3ccc4ccccc4n3)c2)c1. The van der Waals surface area contributed by atoms with Gasteiger partial charge in [0.1, 0.15) is 24.7 Å². The third-order valence-electron chi connectivity index (χ3n) is 4.43. The number of ether oxygens (including phenoxy) is 2. The molecule has 0 amide bonds. The summed E-state index contributed by atoms with van der Waals surface area (Å²) in [4.78, 5) is 15.7. The van der Waals surface area contributed by atoms with Gasteiger partial charge in [-0.15, -0.1) is 0 Å². The largest absolute Gasteiger partial charge is 0.489 e. The van der Waals surface area contributed by atoms with Gasteiger partial charge in [0.2, 0.25) is 0 Å². The highest BCUT2D eigenvalue weighted by molar-refractivity contribution is 5.88. The Hall–Kier alpha value is -3.86. The molecule has 0 unspecified atom stereocenters. The molecule has 0 aliphatic rings. The van der Waals surface area contributed by atoms with Gasteiger partial charge in [-0.1, -0.05) is 42.5 Å². The molecule has 3 aromatic carbocycles. The number of aromatic nitrogens is 1. The topological polar surface area (TPSA) is 68.7 Å². The number of nitrogens with zero attached hydrogens (tertiary/aromatic N) is 1. The Bertz CT molecular complexity index is 1160. The van der Waals surface area contributed by atoms with Crippen LogP contribution in [0.2, 0.25) is 0 Å². The maximum absolute atomic E-state index is 11.1. The molecule has 29 heavy (non-hydrogen) atoms. The molecule has 0 spiro atoms. The Morgan fingerprint density at radius 2 is 1.55 bits per heavy atom. The first kappa shape index (κ1) is 18.5. The molecule has 1 N–H and O–H groups in total. The van der Waals surface area contributed by atoms with Crippen molar-refractivity contribution in [3.8, 4) is 11.5 Å². The zero-order valence-electron chi connectivity index (χ0n) is 15.6. The van der Waals surface area contributed by atoms with E-state index < -0.39 is 5.97 Å². The first-order chi connectivity index (χ1) is 14.2. The summed E-state index contributed by atoms with van der Waals surface area (Å²) in [6.07, 6.45) is 0. The monoisotopic (exact) mass is 385 g/mol. The van der Waals surface area contributed by atoms with E-state index in [0.717, 1.165) is 27.9 Å². The first-order valence-electron chi connectivity index (χ1n) is 9.20. The van der Waals surface area contributed by atoms with Crippen LogP contribution in [0.5, 0.6) is 11.5 Å². The van der Waals surface area contributed by atoms with Crippen LogP contribution < -0.4 is 9.47 Å². The molecule has 0 atom stereocenters. The number of benzene rings is 3. The number of para-hydroxylation sites is 1. The van der Waals surface area contributed by atoms with Gasteiger partial charge in [0.25, 0.3) is 0 Å². The van der Waals surface area contributed by atoms with Crippen molar-refractivity contribution in [1.82, 2.24) is 4.98 Å². The second kappa shape index (κ2) is 8.44. The number of rotatable bonds is 7. The molecule has 0 aliphatic heterocycles. The van der Waals surface area contributed by atoms with Crippen molar-refractivity contribution < 1.29 is 19.4 Å². The van der Waals surface area contributed by atoms with Crippen LogP contribution in [0.25, 0.3) is 10.9 Å². The highest BCUT2D eigenvalue weighted by Crippen LogP contribution is 2.19. The number of carboxylic acid groups (broad SMARTS) is 1. The fraction of sp³-hybridized carbons (Fsp3) is 0.0833. The van der Waals surface area contributed by atoms with Crippen LogP contribution in [0.4, 0.5) is 0 Å². The summed E-state index contributed by atoms with van der Waals surface area (Å²) in [6, 6.07) is 26.0. The van der Waals surface area contributed by atoms with Crippen molar-refractivity contribution in [1.29, 1.82) is 0 Å². The summed E-state index contributed by atoms with van der Waals surface area (Å²) >= 11 is 0. The van der Waals surface area contributed by atoms with Crippen molar-refractivity contribution in [2.24, 2.45) is 0 Å². The van der Waals surface area contributed by atoms with Gasteiger partial charge in [-0.2, -0.15) is 0 Å². The molecule has 1 aromatic heterocycles. The molecular weight excluding hydrogens is 366 g/mol. The average Bonchev–Trinajstić information content (AvgIpc) is 2.76. The molecule has 1 heterocycles. The standard InChI is InChI=1S/C24H19NO4/c26-24(27)19-7-4-9-22(14-19)28-15-17-5-3-8-21(13-17)29-16-20-12-11-18-6-1-2-10-23(18)25-20/h1-14H,15-16H2,(H,26,27). The molecular formula is C24H19NO4. The molecule has 0 aliphatic carbocycles. The smallest absolute Gasteiger partial charge is 0.335 e. The number of carboxylic acids is 1. The Morgan fingerprint density at radius 1 is 0.793 bits per heavy atom. The second-order valence-corrected chi connectivity index (χ2v) is 6.55. The van der Waals surface area contributed by atoms with Gasteiger partial charge < -0.3 is 14.6 Å². The Kier molecular flexibility index (Phi) is 5.38. The minimum Gasteiger partial charge on any atom is -0.489 e. The fourth-order valence-electron chi connectivity index (χ4n) is 2.96. The van der Waals surface area contributed by atoms with Crippen LogP contribution >= 0.6 is 0 Å². The van der Waals surface area contributed by atoms with Crippen LogP contribution in [0.15, 0.2) is 84.9 Å². The number of hydrogen-bond donors (Lipinski definition) is 1. The minimum absolute atomic E-state index is 0.197.